The van der Waals surface area contributed by atoms with Gasteiger partial charge in [0.2, 0.25) is 0 Å². The van der Waals surface area contributed by atoms with Gasteiger partial charge in [0.25, 0.3) is 0 Å². The second-order valence-corrected chi connectivity index (χ2v) is 7.50. The second kappa shape index (κ2) is 10.8. The summed E-state index contributed by atoms with van der Waals surface area (Å²) >= 11 is 11.9. The molecular formula is C22H25ClN4O2S. The lowest BCUT2D eigenvalue weighted by Crippen LogP contribution is -2.35. The molecule has 8 heteroatoms. The van der Waals surface area contributed by atoms with Crippen molar-refractivity contribution in [2.24, 2.45) is 0 Å². The first-order valence-electron chi connectivity index (χ1n) is 9.57. The fourth-order valence-electron chi connectivity index (χ4n) is 3.01. The van der Waals surface area contributed by atoms with Gasteiger partial charge in [0.1, 0.15) is 11.5 Å². The summed E-state index contributed by atoms with van der Waals surface area (Å²) in [5.74, 6) is 1.44. The Balaban J connectivity index is 1.69. The van der Waals surface area contributed by atoms with Crippen molar-refractivity contribution in [3.05, 3.63) is 71.8 Å². The molecule has 0 atom stereocenters. The zero-order valence-corrected chi connectivity index (χ0v) is 18.6. The van der Waals surface area contributed by atoms with Crippen LogP contribution in [0.2, 0.25) is 5.02 Å². The van der Waals surface area contributed by atoms with Crippen LogP contribution in [0.4, 0.5) is 5.69 Å². The number of thiocarbonyl (C=S) groups is 1. The average molecular weight is 445 g/mol. The van der Waals surface area contributed by atoms with Crippen LogP contribution < -0.4 is 14.8 Å². The number of aryl methyl sites for hydroxylation is 1. The van der Waals surface area contributed by atoms with E-state index in [9.17, 15) is 0 Å². The number of rotatable bonds is 9. The van der Waals surface area contributed by atoms with Gasteiger partial charge in [0.05, 0.1) is 25.6 Å². The number of anilines is 1. The fraction of sp³-hybridized carbons (Fsp3) is 0.273. The number of halogens is 1. The molecule has 0 amide bonds. The van der Waals surface area contributed by atoms with Crippen LogP contribution in [-0.4, -0.2) is 40.3 Å². The molecular weight excluding hydrogens is 420 g/mol. The molecule has 3 aromatic rings. The van der Waals surface area contributed by atoms with Gasteiger partial charge in [-0.2, -0.15) is 0 Å². The Hall–Kier alpha value is -2.77. The number of hydrogen-bond acceptors (Lipinski definition) is 4. The summed E-state index contributed by atoms with van der Waals surface area (Å²) in [7, 11) is 3.26. The van der Waals surface area contributed by atoms with E-state index in [-0.39, 0.29) is 0 Å². The highest BCUT2D eigenvalue weighted by atomic mass is 35.5. The molecule has 6 nitrogen and oxygen atoms in total. The molecule has 0 aliphatic heterocycles. The Labute approximate surface area is 187 Å². The van der Waals surface area contributed by atoms with Crippen LogP contribution in [0.25, 0.3) is 0 Å². The normalized spacial score (nSPS) is 10.5. The van der Waals surface area contributed by atoms with Gasteiger partial charge in [-0.05, 0) is 48.5 Å². The number of ether oxygens (including phenoxy) is 2. The van der Waals surface area contributed by atoms with E-state index in [0.717, 1.165) is 36.5 Å². The van der Waals surface area contributed by atoms with Crippen LogP contribution >= 0.6 is 23.8 Å². The standard InChI is InChI=1S/C22H25ClN4O2S/c1-28-19-7-4-17(5-8-19)15-27(12-3-11-26-13-10-24-16-26)22(30)25-18-6-9-20(23)21(14-18)29-2/h4-10,13-14,16H,3,11-12,15H2,1-2H3,(H,25,30). The number of aromatic nitrogens is 2. The van der Waals surface area contributed by atoms with Gasteiger partial charge >= 0.3 is 0 Å². The smallest absolute Gasteiger partial charge is 0.173 e. The molecule has 1 aromatic heterocycles. The third-order valence-corrected chi connectivity index (χ3v) is 5.30. The summed E-state index contributed by atoms with van der Waals surface area (Å²) in [6, 6.07) is 13.5. The highest BCUT2D eigenvalue weighted by Crippen LogP contribution is 2.27. The SMILES string of the molecule is COc1ccc(CN(CCCn2ccnc2)C(=S)Nc2ccc(Cl)c(OC)c2)cc1. The van der Waals surface area contributed by atoms with Gasteiger partial charge in [-0.1, -0.05) is 23.7 Å². The van der Waals surface area contributed by atoms with E-state index in [0.29, 0.717) is 22.4 Å². The molecule has 0 spiro atoms. The number of benzene rings is 2. The first kappa shape index (κ1) is 21.9. The predicted octanol–water partition coefficient (Wildman–Crippen LogP) is 4.84. The third-order valence-electron chi connectivity index (χ3n) is 4.63. The maximum atomic E-state index is 6.13. The molecule has 158 valence electrons. The first-order chi connectivity index (χ1) is 14.6. The third kappa shape index (κ3) is 6.11. The lowest BCUT2D eigenvalue weighted by Gasteiger charge is -2.26. The highest BCUT2D eigenvalue weighted by Gasteiger charge is 2.12. The van der Waals surface area contributed by atoms with Crippen LogP contribution in [0.3, 0.4) is 0 Å². The van der Waals surface area contributed by atoms with Crippen molar-refractivity contribution in [2.45, 2.75) is 19.5 Å². The van der Waals surface area contributed by atoms with Crippen LogP contribution in [0, 0.1) is 0 Å². The van der Waals surface area contributed by atoms with Crippen molar-refractivity contribution in [3.63, 3.8) is 0 Å². The summed E-state index contributed by atoms with van der Waals surface area (Å²) in [6.45, 7) is 2.35. The zero-order chi connectivity index (χ0) is 21.3. The zero-order valence-electron chi connectivity index (χ0n) is 17.0. The van der Waals surface area contributed by atoms with Crippen molar-refractivity contribution in [1.29, 1.82) is 0 Å². The number of nitrogens with zero attached hydrogens (tertiary/aromatic N) is 3. The maximum Gasteiger partial charge on any atom is 0.173 e. The van der Waals surface area contributed by atoms with Crippen LogP contribution in [0.15, 0.2) is 61.2 Å². The molecule has 1 heterocycles. The Morgan fingerprint density at radius 3 is 2.63 bits per heavy atom. The molecule has 0 saturated carbocycles. The van der Waals surface area contributed by atoms with Crippen molar-refractivity contribution in [3.8, 4) is 11.5 Å². The summed E-state index contributed by atoms with van der Waals surface area (Å²) < 4.78 is 12.6. The Kier molecular flexibility index (Phi) is 7.93. The minimum absolute atomic E-state index is 0.560. The number of methoxy groups -OCH3 is 2. The summed E-state index contributed by atoms with van der Waals surface area (Å²) in [5.41, 5.74) is 1.98. The van der Waals surface area contributed by atoms with Gasteiger partial charge in [-0.25, -0.2) is 4.98 Å². The Morgan fingerprint density at radius 2 is 1.97 bits per heavy atom. The van der Waals surface area contributed by atoms with Crippen molar-refractivity contribution in [1.82, 2.24) is 14.5 Å². The minimum Gasteiger partial charge on any atom is -0.497 e. The Morgan fingerprint density at radius 1 is 1.17 bits per heavy atom. The second-order valence-electron chi connectivity index (χ2n) is 6.70. The average Bonchev–Trinajstić information content (AvgIpc) is 3.28. The van der Waals surface area contributed by atoms with E-state index in [1.807, 2.05) is 36.8 Å². The molecule has 0 unspecified atom stereocenters. The quantitative estimate of drug-likeness (QED) is 0.476. The minimum atomic E-state index is 0.560. The first-order valence-corrected chi connectivity index (χ1v) is 10.4. The lowest BCUT2D eigenvalue weighted by molar-refractivity contribution is 0.394. The molecule has 0 fully saturated rings. The van der Waals surface area contributed by atoms with Crippen molar-refractivity contribution < 1.29 is 9.47 Å². The molecule has 1 N–H and O–H groups in total. The topological polar surface area (TPSA) is 51.5 Å². The molecule has 0 radical (unpaired) electrons. The van der Waals surface area contributed by atoms with E-state index >= 15 is 0 Å². The summed E-state index contributed by atoms with van der Waals surface area (Å²) in [5, 5.41) is 4.50. The van der Waals surface area contributed by atoms with Gasteiger partial charge in [0, 0.05) is 43.8 Å². The molecule has 0 bridgehead atoms. The summed E-state index contributed by atoms with van der Waals surface area (Å²) in [6.07, 6.45) is 6.50. The molecule has 30 heavy (non-hydrogen) atoms. The fourth-order valence-corrected chi connectivity index (χ4v) is 3.48. The van der Waals surface area contributed by atoms with E-state index in [4.69, 9.17) is 33.3 Å². The molecule has 2 aromatic carbocycles. The number of hydrogen-bond donors (Lipinski definition) is 1. The molecule has 3 rings (SSSR count). The van der Waals surface area contributed by atoms with E-state index in [1.54, 1.807) is 26.5 Å². The van der Waals surface area contributed by atoms with Gasteiger partial charge in [-0.3, -0.25) is 0 Å². The van der Waals surface area contributed by atoms with E-state index < -0.39 is 0 Å². The lowest BCUT2D eigenvalue weighted by atomic mass is 10.2. The van der Waals surface area contributed by atoms with Gasteiger partial charge < -0.3 is 24.3 Å². The van der Waals surface area contributed by atoms with Crippen molar-refractivity contribution >= 4 is 34.6 Å². The van der Waals surface area contributed by atoms with Crippen LogP contribution in [-0.2, 0) is 13.1 Å². The highest BCUT2D eigenvalue weighted by molar-refractivity contribution is 7.80. The largest absolute Gasteiger partial charge is 0.497 e. The van der Waals surface area contributed by atoms with Crippen LogP contribution in [0.1, 0.15) is 12.0 Å². The molecule has 0 aliphatic rings. The molecule has 0 saturated heterocycles. The predicted molar refractivity (Wildman–Crippen MR) is 124 cm³/mol. The molecule has 0 aliphatic carbocycles. The van der Waals surface area contributed by atoms with Crippen LogP contribution in [0.5, 0.6) is 11.5 Å². The Bertz CT molecular complexity index is 948. The van der Waals surface area contributed by atoms with Gasteiger partial charge in [0.15, 0.2) is 5.11 Å². The monoisotopic (exact) mass is 444 g/mol. The van der Waals surface area contributed by atoms with Gasteiger partial charge in [-0.15, -0.1) is 0 Å². The number of nitrogens with one attached hydrogen (secondary N) is 1. The maximum absolute atomic E-state index is 6.13. The van der Waals surface area contributed by atoms with Crippen molar-refractivity contribution in [2.75, 3.05) is 26.1 Å². The summed E-state index contributed by atoms with van der Waals surface area (Å²) in [4.78, 5) is 6.24. The van der Waals surface area contributed by atoms with E-state index in [1.165, 1.54) is 0 Å². The van der Waals surface area contributed by atoms with E-state index in [2.05, 4.69) is 31.9 Å². The number of imidazole rings is 1.